The SMILES string of the molecule is CCN(CC)C(=O)CN=C1NC(C(C)(C)C)CCS1. The first-order chi connectivity index (χ1) is 8.88. The number of nitrogens with zero attached hydrogens (tertiary/aromatic N) is 2. The van der Waals surface area contributed by atoms with Gasteiger partial charge in [0, 0.05) is 24.9 Å². The lowest BCUT2D eigenvalue weighted by Gasteiger charge is -2.35. The molecule has 0 aromatic heterocycles. The van der Waals surface area contributed by atoms with Crippen LogP contribution in [-0.4, -0.2) is 47.4 Å². The van der Waals surface area contributed by atoms with Crippen molar-refractivity contribution in [3.05, 3.63) is 0 Å². The highest BCUT2D eigenvalue weighted by Crippen LogP contribution is 2.27. The summed E-state index contributed by atoms with van der Waals surface area (Å²) in [5, 5.41) is 4.39. The quantitative estimate of drug-likeness (QED) is 0.862. The van der Waals surface area contributed by atoms with Gasteiger partial charge < -0.3 is 10.2 Å². The van der Waals surface area contributed by atoms with Crippen molar-refractivity contribution >= 4 is 22.8 Å². The van der Waals surface area contributed by atoms with E-state index in [0.29, 0.717) is 6.04 Å². The Morgan fingerprint density at radius 3 is 2.58 bits per heavy atom. The van der Waals surface area contributed by atoms with E-state index in [4.69, 9.17) is 0 Å². The third-order valence-electron chi connectivity index (χ3n) is 3.46. The molecule has 1 N–H and O–H groups in total. The van der Waals surface area contributed by atoms with E-state index in [9.17, 15) is 4.79 Å². The summed E-state index contributed by atoms with van der Waals surface area (Å²) in [5.41, 5.74) is 0.227. The zero-order chi connectivity index (χ0) is 14.5. The lowest BCUT2D eigenvalue weighted by Crippen LogP contribution is -2.46. The molecule has 1 saturated heterocycles. The van der Waals surface area contributed by atoms with Gasteiger partial charge in [-0.05, 0) is 25.7 Å². The number of carbonyl (C=O) groups excluding carboxylic acids is 1. The highest BCUT2D eigenvalue weighted by molar-refractivity contribution is 8.13. The van der Waals surface area contributed by atoms with Crippen LogP contribution in [0, 0.1) is 5.41 Å². The molecule has 19 heavy (non-hydrogen) atoms. The van der Waals surface area contributed by atoms with Crippen molar-refractivity contribution in [1.29, 1.82) is 0 Å². The lowest BCUT2D eigenvalue weighted by atomic mass is 9.85. The second kappa shape index (κ2) is 7.17. The molecule has 1 rings (SSSR count). The Morgan fingerprint density at radius 1 is 1.42 bits per heavy atom. The van der Waals surface area contributed by atoms with Gasteiger partial charge in [-0.25, -0.2) is 0 Å². The number of thioether (sulfide) groups is 1. The fraction of sp³-hybridized carbons (Fsp3) is 0.857. The maximum absolute atomic E-state index is 11.9. The molecule has 0 bridgehead atoms. The largest absolute Gasteiger partial charge is 0.362 e. The average Bonchev–Trinajstić information content (AvgIpc) is 2.37. The van der Waals surface area contributed by atoms with Crippen LogP contribution in [0.4, 0.5) is 0 Å². The molecule has 0 radical (unpaired) electrons. The third kappa shape index (κ3) is 5.05. The highest BCUT2D eigenvalue weighted by Gasteiger charge is 2.28. The molecule has 110 valence electrons. The Labute approximate surface area is 121 Å². The molecule has 1 aliphatic heterocycles. The van der Waals surface area contributed by atoms with Crippen LogP contribution in [0.2, 0.25) is 0 Å². The normalized spacial score (nSPS) is 22.2. The molecule has 1 atom stereocenters. The Hall–Kier alpha value is -0.710. The number of nitrogens with one attached hydrogen (secondary N) is 1. The molecule has 1 heterocycles. The number of aliphatic imine (C=N–C) groups is 1. The summed E-state index contributed by atoms with van der Waals surface area (Å²) in [6.07, 6.45) is 1.15. The maximum atomic E-state index is 11.9. The van der Waals surface area contributed by atoms with Gasteiger partial charge in [0.15, 0.2) is 5.17 Å². The monoisotopic (exact) mass is 285 g/mol. The molecule has 0 aromatic rings. The molecular weight excluding hydrogens is 258 g/mol. The van der Waals surface area contributed by atoms with Crippen molar-refractivity contribution < 1.29 is 4.79 Å². The van der Waals surface area contributed by atoms with Gasteiger partial charge in [-0.1, -0.05) is 32.5 Å². The van der Waals surface area contributed by atoms with E-state index >= 15 is 0 Å². The minimum absolute atomic E-state index is 0.109. The van der Waals surface area contributed by atoms with Gasteiger partial charge >= 0.3 is 0 Å². The van der Waals surface area contributed by atoms with E-state index in [1.807, 2.05) is 18.7 Å². The summed E-state index contributed by atoms with van der Waals surface area (Å²) in [7, 11) is 0. The first-order valence-electron chi connectivity index (χ1n) is 7.10. The molecular formula is C14H27N3OS. The van der Waals surface area contributed by atoms with E-state index in [0.717, 1.165) is 30.4 Å². The minimum atomic E-state index is 0.109. The van der Waals surface area contributed by atoms with Gasteiger partial charge in [0.2, 0.25) is 5.91 Å². The molecule has 5 heteroatoms. The van der Waals surface area contributed by atoms with Gasteiger partial charge in [-0.2, -0.15) is 0 Å². The second-order valence-corrected chi connectivity index (χ2v) is 6.97. The zero-order valence-corrected chi connectivity index (χ0v) is 13.6. The summed E-state index contributed by atoms with van der Waals surface area (Å²) in [6, 6.07) is 0.441. The number of carbonyl (C=O) groups is 1. The van der Waals surface area contributed by atoms with Crippen molar-refractivity contribution in [3.63, 3.8) is 0 Å². The number of amidine groups is 1. The standard InChI is InChI=1S/C14H27N3OS/c1-6-17(7-2)12(18)10-15-13-16-11(8-9-19-13)14(3,4)5/h11H,6-10H2,1-5H3,(H,15,16). The fourth-order valence-corrected chi connectivity index (χ4v) is 3.02. The van der Waals surface area contributed by atoms with Crippen molar-refractivity contribution in [2.45, 2.75) is 47.1 Å². The summed E-state index contributed by atoms with van der Waals surface area (Å²) in [6.45, 7) is 12.5. The average molecular weight is 285 g/mol. The van der Waals surface area contributed by atoms with Gasteiger partial charge in [-0.15, -0.1) is 0 Å². The molecule has 1 unspecified atom stereocenters. The van der Waals surface area contributed by atoms with Crippen LogP contribution in [-0.2, 0) is 4.79 Å². The van der Waals surface area contributed by atoms with Crippen LogP contribution in [0.25, 0.3) is 0 Å². The Bertz CT molecular complexity index is 332. The Kier molecular flexibility index (Phi) is 6.17. The van der Waals surface area contributed by atoms with Gasteiger partial charge in [0.05, 0.1) is 0 Å². The summed E-state index contributed by atoms with van der Waals surface area (Å²) in [5.74, 6) is 1.19. The Morgan fingerprint density at radius 2 is 2.05 bits per heavy atom. The van der Waals surface area contributed by atoms with E-state index < -0.39 is 0 Å². The van der Waals surface area contributed by atoms with Crippen LogP contribution in [0.15, 0.2) is 4.99 Å². The number of hydrogen-bond acceptors (Lipinski definition) is 3. The molecule has 0 spiro atoms. The van der Waals surface area contributed by atoms with Crippen molar-refractivity contribution in [2.24, 2.45) is 10.4 Å². The van der Waals surface area contributed by atoms with Crippen molar-refractivity contribution in [2.75, 3.05) is 25.4 Å². The topological polar surface area (TPSA) is 44.7 Å². The third-order valence-corrected chi connectivity index (χ3v) is 4.42. The van der Waals surface area contributed by atoms with Crippen molar-refractivity contribution in [1.82, 2.24) is 10.2 Å². The van der Waals surface area contributed by atoms with Crippen LogP contribution in [0.3, 0.4) is 0 Å². The first kappa shape index (κ1) is 16.3. The van der Waals surface area contributed by atoms with E-state index in [1.165, 1.54) is 0 Å². The summed E-state index contributed by atoms with van der Waals surface area (Å²) < 4.78 is 0. The number of amides is 1. The van der Waals surface area contributed by atoms with E-state index in [-0.39, 0.29) is 17.9 Å². The maximum Gasteiger partial charge on any atom is 0.244 e. The number of likely N-dealkylation sites (N-methyl/N-ethyl adjacent to an activating group) is 1. The van der Waals surface area contributed by atoms with Crippen LogP contribution in [0.5, 0.6) is 0 Å². The minimum Gasteiger partial charge on any atom is -0.362 e. The van der Waals surface area contributed by atoms with E-state index in [2.05, 4.69) is 31.1 Å². The van der Waals surface area contributed by atoms with E-state index in [1.54, 1.807) is 11.8 Å². The van der Waals surface area contributed by atoms with Crippen LogP contribution < -0.4 is 5.32 Å². The zero-order valence-electron chi connectivity index (χ0n) is 12.8. The first-order valence-corrected chi connectivity index (χ1v) is 8.08. The molecule has 1 fully saturated rings. The lowest BCUT2D eigenvalue weighted by molar-refractivity contribution is -0.129. The predicted molar refractivity (Wildman–Crippen MR) is 83.7 cm³/mol. The summed E-state index contributed by atoms with van der Waals surface area (Å²) in [4.78, 5) is 18.2. The van der Waals surface area contributed by atoms with Crippen molar-refractivity contribution in [3.8, 4) is 0 Å². The predicted octanol–water partition coefficient (Wildman–Crippen LogP) is 2.35. The Balaban J connectivity index is 2.55. The van der Waals surface area contributed by atoms with Gasteiger partial charge in [-0.3, -0.25) is 9.79 Å². The highest BCUT2D eigenvalue weighted by atomic mass is 32.2. The molecule has 0 aliphatic carbocycles. The van der Waals surface area contributed by atoms with Crippen LogP contribution >= 0.6 is 11.8 Å². The molecule has 0 aromatic carbocycles. The molecule has 0 saturated carbocycles. The molecule has 4 nitrogen and oxygen atoms in total. The fourth-order valence-electron chi connectivity index (χ4n) is 2.09. The smallest absolute Gasteiger partial charge is 0.244 e. The molecule has 1 amide bonds. The second-order valence-electron chi connectivity index (χ2n) is 5.89. The summed E-state index contributed by atoms with van der Waals surface area (Å²) >= 11 is 1.72. The van der Waals surface area contributed by atoms with Gasteiger partial charge in [0.25, 0.3) is 0 Å². The number of hydrogen-bond donors (Lipinski definition) is 1. The number of rotatable bonds is 4. The van der Waals surface area contributed by atoms with Crippen LogP contribution in [0.1, 0.15) is 41.0 Å². The van der Waals surface area contributed by atoms with Gasteiger partial charge in [0.1, 0.15) is 6.54 Å². The molecule has 1 aliphatic rings.